The second-order valence-electron chi connectivity index (χ2n) is 5.73. The van der Waals surface area contributed by atoms with Crippen LogP contribution >= 0.6 is 11.8 Å². The van der Waals surface area contributed by atoms with Crippen LogP contribution in [0.25, 0.3) is 0 Å². The predicted octanol–water partition coefficient (Wildman–Crippen LogP) is 5.90. The summed E-state index contributed by atoms with van der Waals surface area (Å²) in [6.45, 7) is 0. The molecule has 0 saturated heterocycles. The average molecular weight is 311 g/mol. The summed E-state index contributed by atoms with van der Waals surface area (Å²) in [7, 11) is 0. The molecule has 0 aliphatic heterocycles. The molecule has 22 heavy (non-hydrogen) atoms. The lowest BCUT2D eigenvalue weighted by atomic mass is 9.84. The Morgan fingerprint density at radius 3 is 2.41 bits per heavy atom. The third-order valence-corrected chi connectivity index (χ3v) is 5.34. The van der Waals surface area contributed by atoms with Gasteiger partial charge in [0.2, 0.25) is 0 Å². The van der Waals surface area contributed by atoms with Crippen LogP contribution in [0, 0.1) is 17.1 Å². The molecule has 1 nitrogen and oxygen atoms in total. The highest BCUT2D eigenvalue weighted by molar-refractivity contribution is 7.99. The molecule has 0 aromatic heterocycles. The van der Waals surface area contributed by atoms with Crippen molar-refractivity contribution in [3.8, 4) is 6.07 Å². The third kappa shape index (κ3) is 3.34. The molecule has 0 heterocycles. The molecule has 0 bridgehead atoms. The molecule has 3 rings (SSSR count). The van der Waals surface area contributed by atoms with E-state index in [1.807, 2.05) is 6.07 Å². The van der Waals surface area contributed by atoms with Crippen LogP contribution in [0.5, 0.6) is 0 Å². The van der Waals surface area contributed by atoms with Crippen LogP contribution in [0.4, 0.5) is 4.39 Å². The number of rotatable bonds is 3. The number of benzene rings is 2. The van der Waals surface area contributed by atoms with E-state index in [0.717, 1.165) is 4.90 Å². The fourth-order valence-electron chi connectivity index (χ4n) is 3.07. The Bertz CT molecular complexity index is 682. The molecule has 112 valence electrons. The molecular weight excluding hydrogens is 293 g/mol. The van der Waals surface area contributed by atoms with Crippen molar-refractivity contribution in [1.29, 1.82) is 5.26 Å². The molecule has 0 spiro atoms. The zero-order chi connectivity index (χ0) is 15.4. The zero-order valence-corrected chi connectivity index (χ0v) is 13.2. The van der Waals surface area contributed by atoms with Crippen LogP contribution in [0.15, 0.2) is 52.3 Å². The van der Waals surface area contributed by atoms with Gasteiger partial charge in [-0.25, -0.2) is 4.39 Å². The van der Waals surface area contributed by atoms with Crippen molar-refractivity contribution in [1.82, 2.24) is 0 Å². The van der Waals surface area contributed by atoms with Crippen LogP contribution in [0.1, 0.15) is 49.1 Å². The van der Waals surface area contributed by atoms with Gasteiger partial charge in [-0.3, -0.25) is 0 Å². The van der Waals surface area contributed by atoms with Gasteiger partial charge in [-0.15, -0.1) is 0 Å². The SMILES string of the molecule is N#Cc1c(F)cccc1Sc1ccc(C2CCCCC2)cc1. The standard InChI is InChI=1S/C19H18FNS/c20-18-7-4-8-19(17(18)13-21)22-16-11-9-15(10-12-16)14-5-2-1-3-6-14/h4,7-12,14H,1-3,5-6H2. The van der Waals surface area contributed by atoms with Crippen LogP contribution in [-0.2, 0) is 0 Å². The van der Waals surface area contributed by atoms with Gasteiger partial charge in [0, 0.05) is 9.79 Å². The van der Waals surface area contributed by atoms with Crippen molar-refractivity contribution in [3.05, 3.63) is 59.4 Å². The molecule has 0 N–H and O–H groups in total. The van der Waals surface area contributed by atoms with E-state index in [4.69, 9.17) is 5.26 Å². The van der Waals surface area contributed by atoms with Gasteiger partial charge in [0.25, 0.3) is 0 Å². The fraction of sp³-hybridized carbons (Fsp3) is 0.316. The van der Waals surface area contributed by atoms with Crippen LogP contribution in [0.3, 0.4) is 0 Å². The smallest absolute Gasteiger partial charge is 0.142 e. The van der Waals surface area contributed by atoms with Gasteiger partial charge in [0.1, 0.15) is 17.4 Å². The molecular formula is C19H18FNS. The molecule has 0 unspecified atom stereocenters. The predicted molar refractivity (Wildman–Crippen MR) is 87.5 cm³/mol. The molecule has 1 aliphatic rings. The number of hydrogen-bond donors (Lipinski definition) is 0. The molecule has 3 heteroatoms. The van der Waals surface area contributed by atoms with Crippen molar-refractivity contribution in [3.63, 3.8) is 0 Å². The highest BCUT2D eigenvalue weighted by Crippen LogP contribution is 2.35. The summed E-state index contributed by atoms with van der Waals surface area (Å²) in [5.41, 5.74) is 1.53. The summed E-state index contributed by atoms with van der Waals surface area (Å²) in [4.78, 5) is 1.72. The van der Waals surface area contributed by atoms with Crippen molar-refractivity contribution < 1.29 is 4.39 Å². The number of nitriles is 1. The Morgan fingerprint density at radius 1 is 1.00 bits per heavy atom. The maximum atomic E-state index is 13.6. The Labute approximate surface area is 135 Å². The van der Waals surface area contributed by atoms with Crippen molar-refractivity contribution in [2.45, 2.75) is 47.8 Å². The summed E-state index contributed by atoms with van der Waals surface area (Å²) in [6, 6.07) is 15.3. The molecule has 0 amide bonds. The number of nitrogens with zero attached hydrogens (tertiary/aromatic N) is 1. The minimum absolute atomic E-state index is 0.129. The van der Waals surface area contributed by atoms with Crippen molar-refractivity contribution in [2.75, 3.05) is 0 Å². The summed E-state index contributed by atoms with van der Waals surface area (Å²) in [6.07, 6.45) is 6.59. The summed E-state index contributed by atoms with van der Waals surface area (Å²) >= 11 is 1.45. The zero-order valence-electron chi connectivity index (χ0n) is 12.4. The first kappa shape index (κ1) is 15.1. The van der Waals surface area contributed by atoms with Crippen molar-refractivity contribution in [2.24, 2.45) is 0 Å². The topological polar surface area (TPSA) is 23.8 Å². The van der Waals surface area contributed by atoms with E-state index in [0.29, 0.717) is 10.8 Å². The second kappa shape index (κ2) is 6.98. The van der Waals surface area contributed by atoms with Crippen LogP contribution in [-0.4, -0.2) is 0 Å². The molecule has 0 atom stereocenters. The van der Waals surface area contributed by atoms with E-state index in [1.54, 1.807) is 12.1 Å². The average Bonchev–Trinajstić information content (AvgIpc) is 2.57. The van der Waals surface area contributed by atoms with E-state index in [9.17, 15) is 4.39 Å². The van der Waals surface area contributed by atoms with E-state index in [1.165, 1.54) is 55.5 Å². The molecule has 1 saturated carbocycles. The van der Waals surface area contributed by atoms with Gasteiger partial charge >= 0.3 is 0 Å². The lowest BCUT2D eigenvalue weighted by Crippen LogP contribution is -2.04. The maximum Gasteiger partial charge on any atom is 0.142 e. The first-order chi connectivity index (χ1) is 10.8. The fourth-order valence-corrected chi connectivity index (χ4v) is 3.99. The largest absolute Gasteiger partial charge is 0.206 e. The minimum atomic E-state index is -0.452. The molecule has 2 aromatic rings. The highest BCUT2D eigenvalue weighted by atomic mass is 32.2. The maximum absolute atomic E-state index is 13.6. The van der Waals surface area contributed by atoms with E-state index < -0.39 is 5.82 Å². The van der Waals surface area contributed by atoms with Gasteiger partial charge in [-0.2, -0.15) is 5.26 Å². The Morgan fingerprint density at radius 2 is 1.73 bits per heavy atom. The van der Waals surface area contributed by atoms with Gasteiger partial charge in [0.15, 0.2) is 0 Å². The number of hydrogen-bond acceptors (Lipinski definition) is 2. The monoisotopic (exact) mass is 311 g/mol. The van der Waals surface area contributed by atoms with Gasteiger partial charge in [-0.05, 0) is 48.6 Å². The third-order valence-electron chi connectivity index (χ3n) is 4.27. The van der Waals surface area contributed by atoms with Gasteiger partial charge < -0.3 is 0 Å². The van der Waals surface area contributed by atoms with Gasteiger partial charge in [-0.1, -0.05) is 49.2 Å². The Balaban J connectivity index is 1.77. The highest BCUT2D eigenvalue weighted by Gasteiger charge is 2.15. The molecule has 0 radical (unpaired) electrons. The molecule has 1 aliphatic carbocycles. The molecule has 1 fully saturated rings. The van der Waals surface area contributed by atoms with Gasteiger partial charge in [0.05, 0.1) is 0 Å². The number of halogens is 1. The molecule has 2 aromatic carbocycles. The first-order valence-electron chi connectivity index (χ1n) is 7.74. The minimum Gasteiger partial charge on any atom is -0.206 e. The Hall–Kier alpha value is -1.79. The second-order valence-corrected chi connectivity index (χ2v) is 6.85. The normalized spacial score (nSPS) is 15.5. The van der Waals surface area contributed by atoms with E-state index in [-0.39, 0.29) is 5.56 Å². The van der Waals surface area contributed by atoms with Crippen LogP contribution in [0.2, 0.25) is 0 Å². The quantitative estimate of drug-likeness (QED) is 0.705. The van der Waals surface area contributed by atoms with Crippen LogP contribution < -0.4 is 0 Å². The summed E-state index contributed by atoms with van der Waals surface area (Å²) < 4.78 is 13.6. The first-order valence-corrected chi connectivity index (χ1v) is 8.56. The summed E-state index contributed by atoms with van der Waals surface area (Å²) in [5, 5.41) is 9.09. The van der Waals surface area contributed by atoms with E-state index >= 15 is 0 Å². The lowest BCUT2D eigenvalue weighted by Gasteiger charge is -2.22. The summed E-state index contributed by atoms with van der Waals surface area (Å²) in [5.74, 6) is 0.239. The Kier molecular flexibility index (Phi) is 4.80. The van der Waals surface area contributed by atoms with Crippen molar-refractivity contribution >= 4 is 11.8 Å². The lowest BCUT2D eigenvalue weighted by molar-refractivity contribution is 0.443. The van der Waals surface area contributed by atoms with E-state index in [2.05, 4.69) is 24.3 Å².